The standard InChI is InChI=1S/2C21H21Cl2N3O2S2/c1-14-4-3-5-17(15(14)2)20-13-29-21(24-20)25-8-10-26(11-9-25)30(27,28)16-6-7-18(22)19(23)12-16;1-14-4-3-5-15(2)20(14)19-13-29-21(24-19)25-8-10-26(11-9-25)30(27,28)16-6-7-17(22)18(23)12-16/h2*3-7,12-13H,8-11H2,1-2H3. The Morgan fingerprint density at radius 1 is 0.517 bits per heavy atom. The first-order valence-corrected chi connectivity index (χ1v) is 25.1. The van der Waals surface area contributed by atoms with E-state index in [1.807, 2.05) is 6.07 Å². The van der Waals surface area contributed by atoms with Crippen molar-refractivity contribution in [2.75, 3.05) is 62.2 Å². The molecule has 0 unspecified atom stereocenters. The van der Waals surface area contributed by atoms with Crippen molar-refractivity contribution in [3.63, 3.8) is 0 Å². The molecule has 0 aliphatic carbocycles. The third kappa shape index (κ3) is 9.53. The second-order valence-corrected chi connectivity index (χ2v) is 21.7. The second kappa shape index (κ2) is 18.6. The predicted octanol–water partition coefficient (Wildman–Crippen LogP) is 10.5. The molecule has 6 aromatic rings. The van der Waals surface area contributed by atoms with Crippen LogP contribution in [0, 0.1) is 27.7 Å². The van der Waals surface area contributed by atoms with Gasteiger partial charge in [-0.3, -0.25) is 0 Å². The quantitative estimate of drug-likeness (QED) is 0.148. The van der Waals surface area contributed by atoms with E-state index in [4.69, 9.17) is 56.4 Å². The molecule has 60 heavy (non-hydrogen) atoms. The van der Waals surface area contributed by atoms with Crippen molar-refractivity contribution in [2.24, 2.45) is 0 Å². The zero-order valence-corrected chi connectivity index (χ0v) is 39.5. The normalized spacial score (nSPS) is 15.5. The number of thiazole rings is 2. The maximum absolute atomic E-state index is 13.0. The lowest BCUT2D eigenvalue weighted by Crippen LogP contribution is -2.48. The van der Waals surface area contributed by atoms with Crippen molar-refractivity contribution in [2.45, 2.75) is 37.5 Å². The lowest BCUT2D eigenvalue weighted by Gasteiger charge is -2.33. The van der Waals surface area contributed by atoms with Gasteiger partial charge in [-0.2, -0.15) is 8.61 Å². The minimum absolute atomic E-state index is 0.164. The van der Waals surface area contributed by atoms with Crippen molar-refractivity contribution in [3.8, 4) is 22.5 Å². The minimum atomic E-state index is -3.61. The molecule has 2 aromatic heterocycles. The summed E-state index contributed by atoms with van der Waals surface area (Å²) in [6.45, 7) is 12.3. The van der Waals surface area contributed by atoms with Gasteiger partial charge in [0, 0.05) is 74.2 Å². The molecule has 316 valence electrons. The monoisotopic (exact) mass is 962 g/mol. The van der Waals surface area contributed by atoms with Crippen LogP contribution >= 0.6 is 69.1 Å². The number of piperazine rings is 2. The summed E-state index contributed by atoms with van der Waals surface area (Å²) >= 11 is 27.0. The van der Waals surface area contributed by atoms with Crippen molar-refractivity contribution in [1.82, 2.24) is 18.6 Å². The molecule has 4 aromatic carbocycles. The van der Waals surface area contributed by atoms with E-state index in [1.165, 1.54) is 72.8 Å². The summed E-state index contributed by atoms with van der Waals surface area (Å²) in [5.41, 5.74) is 9.10. The molecule has 0 N–H and O–H groups in total. The largest absolute Gasteiger partial charge is 0.345 e. The fraction of sp³-hybridized carbons (Fsp3) is 0.286. The highest BCUT2D eigenvalue weighted by Gasteiger charge is 2.31. The number of hydrogen-bond acceptors (Lipinski definition) is 10. The van der Waals surface area contributed by atoms with Crippen LogP contribution in [0.15, 0.2) is 93.3 Å². The molecule has 0 saturated carbocycles. The first kappa shape index (κ1) is 44.8. The summed E-state index contributed by atoms with van der Waals surface area (Å²) < 4.78 is 54.8. The number of rotatable bonds is 8. The fourth-order valence-electron chi connectivity index (χ4n) is 7.12. The molecule has 2 saturated heterocycles. The van der Waals surface area contributed by atoms with Gasteiger partial charge in [-0.15, -0.1) is 22.7 Å². The smallest absolute Gasteiger partial charge is 0.243 e. The van der Waals surface area contributed by atoms with E-state index in [2.05, 4.69) is 78.6 Å². The van der Waals surface area contributed by atoms with Gasteiger partial charge in [0.05, 0.1) is 41.3 Å². The number of sulfonamides is 2. The lowest BCUT2D eigenvalue weighted by molar-refractivity contribution is 0.384. The third-order valence-electron chi connectivity index (χ3n) is 10.7. The number of halogens is 4. The van der Waals surface area contributed by atoms with Gasteiger partial charge >= 0.3 is 0 Å². The molecule has 4 heterocycles. The molecule has 10 nitrogen and oxygen atoms in total. The van der Waals surface area contributed by atoms with E-state index in [-0.39, 0.29) is 19.8 Å². The molecule has 18 heteroatoms. The molecule has 0 bridgehead atoms. The van der Waals surface area contributed by atoms with Gasteiger partial charge in [-0.1, -0.05) is 82.8 Å². The Morgan fingerprint density at radius 2 is 0.933 bits per heavy atom. The van der Waals surface area contributed by atoms with Gasteiger partial charge in [0.1, 0.15) is 0 Å². The van der Waals surface area contributed by atoms with Crippen LogP contribution in [0.25, 0.3) is 22.5 Å². The van der Waals surface area contributed by atoms with Crippen molar-refractivity contribution >= 4 is 99.4 Å². The Bertz CT molecular complexity index is 2730. The molecule has 0 spiro atoms. The number of aromatic nitrogens is 2. The molecule has 2 aliphatic rings. The predicted molar refractivity (Wildman–Crippen MR) is 249 cm³/mol. The highest BCUT2D eigenvalue weighted by Crippen LogP contribution is 2.35. The average molecular weight is 965 g/mol. The van der Waals surface area contributed by atoms with Gasteiger partial charge in [0.15, 0.2) is 10.3 Å². The van der Waals surface area contributed by atoms with E-state index >= 15 is 0 Å². The Kier molecular flexibility index (Phi) is 13.9. The maximum Gasteiger partial charge on any atom is 0.243 e. The molecular weight excluding hydrogens is 923 g/mol. The summed E-state index contributed by atoms with van der Waals surface area (Å²) in [6.07, 6.45) is 0. The number of hydrogen-bond donors (Lipinski definition) is 0. The Hall–Kier alpha value is -3.28. The lowest BCUT2D eigenvalue weighted by atomic mass is 10.0. The molecule has 2 fully saturated rings. The van der Waals surface area contributed by atoms with Gasteiger partial charge < -0.3 is 9.80 Å². The van der Waals surface area contributed by atoms with E-state index < -0.39 is 20.0 Å². The van der Waals surface area contributed by atoms with Gasteiger partial charge in [-0.25, -0.2) is 26.8 Å². The average Bonchev–Trinajstić information content (AvgIpc) is 3.93. The van der Waals surface area contributed by atoms with Crippen molar-refractivity contribution in [3.05, 3.63) is 126 Å². The SMILES string of the molecule is Cc1cccc(-c2csc(N3CCN(S(=O)(=O)c4ccc(Cl)c(Cl)c4)CC3)n2)c1C.Cc1cccc(C)c1-c1csc(N2CCN(S(=O)(=O)c3ccc(Cl)c(Cl)c3)CC2)n1. The Labute approximate surface area is 380 Å². The molecule has 0 amide bonds. The number of nitrogens with zero attached hydrogens (tertiary/aromatic N) is 6. The first-order chi connectivity index (χ1) is 28.5. The Balaban J connectivity index is 0.000000181. The number of benzene rings is 4. The zero-order valence-electron chi connectivity index (χ0n) is 33.2. The number of anilines is 2. The van der Waals surface area contributed by atoms with Crippen LogP contribution in [0.4, 0.5) is 10.3 Å². The van der Waals surface area contributed by atoms with Crippen LogP contribution < -0.4 is 9.80 Å². The second-order valence-electron chi connectivity index (χ2n) is 14.5. The van der Waals surface area contributed by atoms with Gasteiger partial charge in [0.25, 0.3) is 0 Å². The van der Waals surface area contributed by atoms with Crippen LogP contribution in [0.1, 0.15) is 22.3 Å². The van der Waals surface area contributed by atoms with Gasteiger partial charge in [-0.05, 0) is 86.3 Å². The highest BCUT2D eigenvalue weighted by atomic mass is 35.5. The van der Waals surface area contributed by atoms with E-state index in [0.29, 0.717) is 62.4 Å². The summed E-state index contributed by atoms with van der Waals surface area (Å²) in [7, 11) is -7.22. The summed E-state index contributed by atoms with van der Waals surface area (Å²) in [5.74, 6) is 0. The molecule has 8 rings (SSSR count). The highest BCUT2D eigenvalue weighted by molar-refractivity contribution is 7.89. The first-order valence-electron chi connectivity index (χ1n) is 19.0. The van der Waals surface area contributed by atoms with E-state index in [9.17, 15) is 16.8 Å². The fourth-order valence-corrected chi connectivity index (χ4v) is 12.5. The number of aryl methyl sites for hydroxylation is 3. The van der Waals surface area contributed by atoms with Crippen molar-refractivity contribution in [1.29, 1.82) is 0 Å². The van der Waals surface area contributed by atoms with Crippen LogP contribution in [-0.4, -0.2) is 87.8 Å². The van der Waals surface area contributed by atoms with Crippen LogP contribution in [0.3, 0.4) is 0 Å². The minimum Gasteiger partial charge on any atom is -0.345 e. The van der Waals surface area contributed by atoms with Crippen LogP contribution in [0.5, 0.6) is 0 Å². The molecule has 0 atom stereocenters. The zero-order chi connectivity index (χ0) is 42.9. The Morgan fingerprint density at radius 3 is 1.40 bits per heavy atom. The van der Waals surface area contributed by atoms with Gasteiger partial charge in [0.2, 0.25) is 20.0 Å². The molecule has 0 radical (unpaired) electrons. The van der Waals surface area contributed by atoms with E-state index in [0.717, 1.165) is 27.2 Å². The topological polar surface area (TPSA) is 107 Å². The van der Waals surface area contributed by atoms with Crippen LogP contribution in [-0.2, 0) is 20.0 Å². The summed E-state index contributed by atoms with van der Waals surface area (Å²) in [6, 6.07) is 21.3. The van der Waals surface area contributed by atoms with Crippen LogP contribution in [0.2, 0.25) is 20.1 Å². The molecular formula is C42H42Cl4N6O4S4. The van der Waals surface area contributed by atoms with Crippen molar-refractivity contribution < 1.29 is 16.8 Å². The summed E-state index contributed by atoms with van der Waals surface area (Å²) in [4.78, 5) is 14.3. The summed E-state index contributed by atoms with van der Waals surface area (Å²) in [5, 5.41) is 7.11. The third-order valence-corrected chi connectivity index (χ3v) is 17.7. The maximum atomic E-state index is 13.0. The van der Waals surface area contributed by atoms with E-state index in [1.54, 1.807) is 22.7 Å². The molecule has 2 aliphatic heterocycles.